The molecule has 5 rings (SSSR count). The number of hydrogen-bond acceptors (Lipinski definition) is 6. The number of ether oxygens (including phenoxy) is 1. The molecule has 3 aromatic carbocycles. The number of methoxy groups -OCH3 is 1. The van der Waals surface area contributed by atoms with E-state index in [0.29, 0.717) is 29.1 Å². The summed E-state index contributed by atoms with van der Waals surface area (Å²) in [5, 5.41) is 9.88. The van der Waals surface area contributed by atoms with E-state index < -0.39 is 5.97 Å². The van der Waals surface area contributed by atoms with E-state index in [9.17, 15) is 9.18 Å². The number of aromatic nitrogens is 1. The summed E-state index contributed by atoms with van der Waals surface area (Å²) in [6.45, 7) is 1.27. The van der Waals surface area contributed by atoms with Crippen LogP contribution in [0.25, 0.3) is 21.5 Å². The molecule has 0 radical (unpaired) electrons. The van der Waals surface area contributed by atoms with Crippen molar-refractivity contribution in [1.82, 2.24) is 4.98 Å². The van der Waals surface area contributed by atoms with E-state index in [-0.39, 0.29) is 11.4 Å². The lowest BCUT2D eigenvalue weighted by atomic mass is 10.1. The highest BCUT2D eigenvalue weighted by molar-refractivity contribution is 7.22. The lowest BCUT2D eigenvalue weighted by molar-refractivity contribution is 0.0696. The summed E-state index contributed by atoms with van der Waals surface area (Å²) in [5.74, 6) is 0.0117. The van der Waals surface area contributed by atoms with Crippen molar-refractivity contribution in [2.75, 3.05) is 18.6 Å². The van der Waals surface area contributed by atoms with Gasteiger partial charge in [0.1, 0.15) is 23.6 Å². The van der Waals surface area contributed by atoms with Gasteiger partial charge in [-0.15, -0.1) is 0 Å². The minimum absolute atomic E-state index is 0.113. The Kier molecular flexibility index (Phi) is 6.69. The molecule has 8 heteroatoms. The van der Waals surface area contributed by atoms with E-state index in [1.54, 1.807) is 13.2 Å². The van der Waals surface area contributed by atoms with Crippen LogP contribution in [0.5, 0.6) is 5.75 Å². The van der Waals surface area contributed by atoms with Crippen LogP contribution in [-0.2, 0) is 13.0 Å². The molecule has 6 nitrogen and oxygen atoms in total. The largest absolute Gasteiger partial charge is 0.497 e. The molecule has 0 atom stereocenters. The van der Waals surface area contributed by atoms with Crippen molar-refractivity contribution in [3.8, 4) is 17.1 Å². The first-order chi connectivity index (χ1) is 17.5. The number of aromatic carboxylic acids is 1. The molecule has 0 fully saturated rings. The minimum atomic E-state index is -1.03. The molecule has 2 aromatic heterocycles. The summed E-state index contributed by atoms with van der Waals surface area (Å²) in [4.78, 5) is 18.0. The molecule has 0 amide bonds. The number of halogens is 1. The molecule has 0 bridgehead atoms. The highest BCUT2D eigenvalue weighted by Crippen LogP contribution is 2.32. The standard InChI is InChI=1S/C28H23FN2O4S/c1-34-22-11-7-18(8-12-22)13-14-31(28-30-24-4-2-3-23(29)26(24)36-28)16-19-5-9-20(10-6-19)25-15-21(17-35-25)27(32)33/h2-12,15,17H,13-14,16H2,1H3,(H,32,33). The molecular weight excluding hydrogens is 479 g/mol. The molecule has 2 heterocycles. The van der Waals surface area contributed by atoms with Crippen LogP contribution in [0, 0.1) is 5.82 Å². The third-order valence-corrected chi connectivity index (χ3v) is 7.05. The van der Waals surface area contributed by atoms with Gasteiger partial charge in [-0.2, -0.15) is 0 Å². The van der Waals surface area contributed by atoms with Crippen molar-refractivity contribution in [3.63, 3.8) is 0 Å². The number of anilines is 1. The number of carbonyl (C=O) groups is 1. The van der Waals surface area contributed by atoms with Gasteiger partial charge >= 0.3 is 5.97 Å². The number of thiazole rings is 1. The maximum absolute atomic E-state index is 14.4. The minimum Gasteiger partial charge on any atom is -0.497 e. The van der Waals surface area contributed by atoms with E-state index >= 15 is 0 Å². The van der Waals surface area contributed by atoms with Crippen LogP contribution < -0.4 is 9.64 Å². The Bertz CT molecular complexity index is 1490. The molecule has 0 aliphatic carbocycles. The number of carboxylic acid groups (broad SMARTS) is 1. The van der Waals surface area contributed by atoms with Crippen molar-refractivity contribution in [2.24, 2.45) is 0 Å². The number of nitrogens with zero attached hydrogens (tertiary/aromatic N) is 2. The molecule has 5 aromatic rings. The van der Waals surface area contributed by atoms with Crippen LogP contribution in [0.3, 0.4) is 0 Å². The van der Waals surface area contributed by atoms with Crippen LogP contribution in [0.2, 0.25) is 0 Å². The molecule has 36 heavy (non-hydrogen) atoms. The Hall–Kier alpha value is -4.17. The number of hydrogen-bond donors (Lipinski definition) is 1. The average molecular weight is 503 g/mol. The van der Waals surface area contributed by atoms with Gasteiger partial charge in [0.25, 0.3) is 0 Å². The zero-order valence-electron chi connectivity index (χ0n) is 19.5. The molecule has 0 saturated heterocycles. The van der Waals surface area contributed by atoms with E-state index in [4.69, 9.17) is 19.2 Å². The second kappa shape index (κ2) is 10.2. The predicted octanol–water partition coefficient (Wildman–Crippen LogP) is 6.65. The smallest absolute Gasteiger partial charge is 0.338 e. The number of fused-ring (bicyclic) bond motifs is 1. The van der Waals surface area contributed by atoms with Gasteiger partial charge in [-0.25, -0.2) is 14.2 Å². The van der Waals surface area contributed by atoms with E-state index in [2.05, 4.69) is 4.90 Å². The maximum Gasteiger partial charge on any atom is 0.338 e. The van der Waals surface area contributed by atoms with Gasteiger partial charge in [-0.3, -0.25) is 0 Å². The zero-order valence-corrected chi connectivity index (χ0v) is 20.3. The first-order valence-corrected chi connectivity index (χ1v) is 12.2. The fourth-order valence-corrected chi connectivity index (χ4v) is 4.93. The zero-order chi connectivity index (χ0) is 25.1. The molecule has 0 aliphatic heterocycles. The van der Waals surface area contributed by atoms with E-state index in [1.165, 1.54) is 29.7 Å². The van der Waals surface area contributed by atoms with Gasteiger partial charge in [0.15, 0.2) is 5.13 Å². The van der Waals surface area contributed by atoms with Gasteiger partial charge in [-0.05, 0) is 47.9 Å². The molecule has 0 spiro atoms. The highest BCUT2D eigenvalue weighted by atomic mass is 32.1. The second-order valence-electron chi connectivity index (χ2n) is 8.31. The van der Waals surface area contributed by atoms with Crippen molar-refractivity contribution in [1.29, 1.82) is 0 Å². The van der Waals surface area contributed by atoms with Gasteiger partial charge in [0, 0.05) is 18.7 Å². The van der Waals surface area contributed by atoms with E-state index in [0.717, 1.165) is 34.0 Å². The van der Waals surface area contributed by atoms with Crippen LogP contribution in [0.1, 0.15) is 21.5 Å². The number of furan rings is 1. The average Bonchev–Trinajstić information content (AvgIpc) is 3.56. The Balaban J connectivity index is 1.39. The monoisotopic (exact) mass is 502 g/mol. The van der Waals surface area contributed by atoms with Gasteiger partial charge in [0.2, 0.25) is 0 Å². The van der Waals surface area contributed by atoms with Crippen molar-refractivity contribution in [2.45, 2.75) is 13.0 Å². The third kappa shape index (κ3) is 5.08. The number of carboxylic acids is 1. The van der Waals surface area contributed by atoms with Crippen molar-refractivity contribution >= 4 is 32.7 Å². The fourth-order valence-electron chi connectivity index (χ4n) is 3.93. The lowest BCUT2D eigenvalue weighted by Crippen LogP contribution is -2.25. The summed E-state index contributed by atoms with van der Waals surface area (Å²) in [7, 11) is 1.64. The Morgan fingerprint density at radius 3 is 2.50 bits per heavy atom. The summed E-state index contributed by atoms with van der Waals surface area (Å²) in [6, 6.07) is 22.2. The van der Waals surface area contributed by atoms with E-state index in [1.807, 2.05) is 54.6 Å². The Labute approximate surface area is 211 Å². The first kappa shape index (κ1) is 23.6. The molecule has 0 saturated carbocycles. The highest BCUT2D eigenvalue weighted by Gasteiger charge is 2.16. The summed E-state index contributed by atoms with van der Waals surface area (Å²) < 4.78 is 25.6. The summed E-state index contributed by atoms with van der Waals surface area (Å²) in [6.07, 6.45) is 2.02. The van der Waals surface area contributed by atoms with Crippen LogP contribution in [-0.4, -0.2) is 29.7 Å². The van der Waals surface area contributed by atoms with Crippen molar-refractivity contribution in [3.05, 3.63) is 102 Å². The summed E-state index contributed by atoms with van der Waals surface area (Å²) in [5.41, 5.74) is 3.75. The van der Waals surface area contributed by atoms with Crippen LogP contribution in [0.4, 0.5) is 9.52 Å². The quantitative estimate of drug-likeness (QED) is 0.243. The number of rotatable bonds is 9. The van der Waals surface area contributed by atoms with Crippen LogP contribution in [0.15, 0.2) is 83.5 Å². The first-order valence-electron chi connectivity index (χ1n) is 11.3. The normalized spacial score (nSPS) is 11.1. The van der Waals surface area contributed by atoms with Crippen molar-refractivity contribution < 1.29 is 23.4 Å². The van der Waals surface area contributed by atoms with Gasteiger partial charge in [0.05, 0.1) is 22.9 Å². The lowest BCUT2D eigenvalue weighted by Gasteiger charge is -2.22. The topological polar surface area (TPSA) is 75.8 Å². The summed E-state index contributed by atoms with van der Waals surface area (Å²) >= 11 is 1.35. The molecule has 182 valence electrons. The molecular formula is C28H23FN2O4S. The number of benzene rings is 3. The predicted molar refractivity (Wildman–Crippen MR) is 138 cm³/mol. The Morgan fingerprint density at radius 2 is 1.83 bits per heavy atom. The third-order valence-electron chi connectivity index (χ3n) is 5.91. The molecule has 1 N–H and O–H groups in total. The maximum atomic E-state index is 14.4. The SMILES string of the molecule is COc1ccc(CCN(Cc2ccc(-c3cc(C(=O)O)co3)cc2)c2nc3cccc(F)c3s2)cc1. The molecule has 0 unspecified atom stereocenters. The van der Waals surface area contributed by atoms with Gasteiger partial charge < -0.3 is 19.2 Å². The van der Waals surface area contributed by atoms with Crippen LogP contribution >= 0.6 is 11.3 Å². The molecule has 0 aliphatic rings. The Morgan fingerprint density at radius 1 is 1.08 bits per heavy atom. The second-order valence-corrected chi connectivity index (χ2v) is 9.28. The van der Waals surface area contributed by atoms with Gasteiger partial charge in [-0.1, -0.05) is 53.8 Å². The fraction of sp³-hybridized carbons (Fsp3) is 0.143.